The molecule has 2 aromatic carbocycles. The number of rotatable bonds is 4. The van der Waals surface area contributed by atoms with Gasteiger partial charge in [-0.15, -0.1) is 0 Å². The number of nitrogens with zero attached hydrogens (tertiary/aromatic N) is 2. The predicted molar refractivity (Wildman–Crippen MR) is 131 cm³/mol. The van der Waals surface area contributed by atoms with E-state index in [0.29, 0.717) is 35.1 Å². The lowest BCUT2D eigenvalue weighted by molar-refractivity contribution is -0.161. The van der Waals surface area contributed by atoms with Crippen molar-refractivity contribution in [3.8, 4) is 11.1 Å². The maximum absolute atomic E-state index is 13.2. The van der Waals surface area contributed by atoms with Crippen molar-refractivity contribution in [2.75, 3.05) is 6.54 Å². The zero-order valence-corrected chi connectivity index (χ0v) is 20.2. The Hall–Kier alpha value is -3.45. The van der Waals surface area contributed by atoms with Crippen molar-refractivity contribution >= 4 is 22.6 Å². The van der Waals surface area contributed by atoms with Gasteiger partial charge in [-0.05, 0) is 61.4 Å². The maximum atomic E-state index is 13.2. The van der Waals surface area contributed by atoms with Crippen LogP contribution in [0.4, 0.5) is 0 Å². The van der Waals surface area contributed by atoms with E-state index in [0.717, 1.165) is 23.1 Å². The SMILES string of the molecule is CC(=O)N1CCc2ccc(-c3c(C(OC(C)(C)C)C(=O)O)n(C)c(=O)c4ccccc34)cc2C1. The Morgan fingerprint density at radius 2 is 1.74 bits per heavy atom. The van der Waals surface area contributed by atoms with Gasteiger partial charge in [0.15, 0.2) is 6.10 Å². The number of hydrogen-bond donors (Lipinski definition) is 1. The summed E-state index contributed by atoms with van der Waals surface area (Å²) in [4.78, 5) is 39.5. The van der Waals surface area contributed by atoms with Crippen LogP contribution in [-0.4, -0.2) is 38.6 Å². The lowest BCUT2D eigenvalue weighted by Crippen LogP contribution is -2.34. The first-order valence-electron chi connectivity index (χ1n) is 11.4. The molecule has 178 valence electrons. The zero-order chi connectivity index (χ0) is 24.8. The smallest absolute Gasteiger partial charge is 0.339 e. The van der Waals surface area contributed by atoms with Crippen LogP contribution in [0.5, 0.6) is 0 Å². The summed E-state index contributed by atoms with van der Waals surface area (Å²) in [6.45, 7) is 8.11. The number of hydrogen-bond acceptors (Lipinski definition) is 4. The first-order chi connectivity index (χ1) is 16.0. The quantitative estimate of drug-likeness (QED) is 0.632. The van der Waals surface area contributed by atoms with Crippen molar-refractivity contribution in [1.82, 2.24) is 9.47 Å². The molecule has 0 aliphatic carbocycles. The summed E-state index contributed by atoms with van der Waals surface area (Å²) in [5.41, 5.74) is 2.89. The van der Waals surface area contributed by atoms with Crippen molar-refractivity contribution in [3.05, 3.63) is 69.6 Å². The molecule has 1 N–H and O–H groups in total. The number of carboxylic acids is 1. The van der Waals surface area contributed by atoms with Crippen LogP contribution in [0.2, 0.25) is 0 Å². The fourth-order valence-corrected chi connectivity index (χ4v) is 4.65. The Kier molecular flexibility index (Phi) is 6.08. The van der Waals surface area contributed by atoms with Crippen LogP contribution in [-0.2, 0) is 34.3 Å². The van der Waals surface area contributed by atoms with Gasteiger partial charge in [0.25, 0.3) is 5.56 Å². The third kappa shape index (κ3) is 4.35. The van der Waals surface area contributed by atoms with E-state index in [9.17, 15) is 19.5 Å². The lowest BCUT2D eigenvalue weighted by Gasteiger charge is -2.30. The number of ether oxygens (including phenoxy) is 1. The molecule has 1 atom stereocenters. The maximum Gasteiger partial charge on any atom is 0.339 e. The Bertz CT molecular complexity index is 1350. The molecular formula is C27H30N2O5. The van der Waals surface area contributed by atoms with Crippen LogP contribution in [0, 0.1) is 0 Å². The fourth-order valence-electron chi connectivity index (χ4n) is 4.65. The normalized spacial score (nSPS) is 14.7. The van der Waals surface area contributed by atoms with Gasteiger partial charge in [-0.3, -0.25) is 9.59 Å². The van der Waals surface area contributed by atoms with E-state index in [1.54, 1.807) is 51.8 Å². The minimum atomic E-state index is -1.35. The third-order valence-electron chi connectivity index (χ3n) is 6.25. The molecule has 34 heavy (non-hydrogen) atoms. The van der Waals surface area contributed by atoms with Crippen molar-refractivity contribution < 1.29 is 19.4 Å². The van der Waals surface area contributed by atoms with E-state index in [4.69, 9.17) is 4.74 Å². The molecule has 0 saturated heterocycles. The van der Waals surface area contributed by atoms with Gasteiger partial charge in [-0.2, -0.15) is 0 Å². The summed E-state index contributed by atoms with van der Waals surface area (Å²) < 4.78 is 7.37. The van der Waals surface area contributed by atoms with Crippen LogP contribution in [0.15, 0.2) is 47.3 Å². The van der Waals surface area contributed by atoms with Crippen molar-refractivity contribution in [2.45, 2.75) is 52.4 Å². The van der Waals surface area contributed by atoms with E-state index in [2.05, 4.69) is 0 Å². The van der Waals surface area contributed by atoms with E-state index >= 15 is 0 Å². The molecule has 4 rings (SSSR count). The van der Waals surface area contributed by atoms with Crippen molar-refractivity contribution in [1.29, 1.82) is 0 Å². The number of benzene rings is 2. The Morgan fingerprint density at radius 3 is 2.35 bits per heavy atom. The second kappa shape index (κ2) is 8.72. The first kappa shape index (κ1) is 23.7. The van der Waals surface area contributed by atoms with E-state index in [1.165, 1.54) is 4.57 Å². The Labute approximate surface area is 198 Å². The van der Waals surface area contributed by atoms with Crippen molar-refractivity contribution in [2.24, 2.45) is 7.05 Å². The number of aliphatic carboxylic acids is 1. The highest BCUT2D eigenvalue weighted by Crippen LogP contribution is 2.38. The molecule has 0 saturated carbocycles. The number of aromatic nitrogens is 1. The molecule has 0 spiro atoms. The number of fused-ring (bicyclic) bond motifs is 2. The van der Waals surface area contributed by atoms with Crippen molar-refractivity contribution in [3.63, 3.8) is 0 Å². The van der Waals surface area contributed by atoms with Gasteiger partial charge < -0.3 is 19.3 Å². The van der Waals surface area contributed by atoms with Gasteiger partial charge in [-0.25, -0.2) is 4.79 Å². The highest BCUT2D eigenvalue weighted by atomic mass is 16.5. The standard InChI is InChI=1S/C27H30N2O5/c1-16(30)29-13-12-17-10-11-18(14-19(17)15-29)22-20-8-6-7-9-21(20)25(31)28(5)23(22)24(26(32)33)34-27(2,3)4/h6-11,14,24H,12-13,15H2,1-5H3,(H,32,33). The molecule has 1 aliphatic heterocycles. The monoisotopic (exact) mass is 462 g/mol. The number of carbonyl (C=O) groups excluding carboxylic acids is 1. The molecule has 0 radical (unpaired) electrons. The van der Waals surface area contributed by atoms with E-state index in [-0.39, 0.29) is 11.5 Å². The minimum Gasteiger partial charge on any atom is -0.479 e. The highest BCUT2D eigenvalue weighted by molar-refractivity contribution is 5.99. The number of carboxylic acid groups (broad SMARTS) is 1. The van der Waals surface area contributed by atoms with Gasteiger partial charge in [0, 0.05) is 38.0 Å². The molecule has 7 nitrogen and oxygen atoms in total. The van der Waals surface area contributed by atoms with Gasteiger partial charge in [0.1, 0.15) is 0 Å². The molecule has 2 heterocycles. The molecular weight excluding hydrogens is 432 g/mol. The zero-order valence-electron chi connectivity index (χ0n) is 20.2. The van der Waals surface area contributed by atoms with Crippen LogP contribution in [0.1, 0.15) is 50.6 Å². The summed E-state index contributed by atoms with van der Waals surface area (Å²) in [6.07, 6.45) is -0.580. The van der Waals surface area contributed by atoms with E-state index in [1.807, 2.05) is 30.3 Å². The average Bonchev–Trinajstić information content (AvgIpc) is 2.78. The van der Waals surface area contributed by atoms with E-state index < -0.39 is 17.7 Å². The third-order valence-corrected chi connectivity index (χ3v) is 6.25. The molecule has 0 bridgehead atoms. The predicted octanol–water partition coefficient (Wildman–Crippen LogP) is 4.05. The highest BCUT2D eigenvalue weighted by Gasteiger charge is 2.33. The van der Waals surface area contributed by atoms with Crippen LogP contribution in [0.25, 0.3) is 21.9 Å². The van der Waals surface area contributed by atoms with Gasteiger partial charge >= 0.3 is 5.97 Å². The summed E-state index contributed by atoms with van der Waals surface area (Å²) in [6, 6.07) is 13.2. The second-order valence-corrected chi connectivity index (χ2v) is 9.79. The number of pyridine rings is 1. The molecule has 3 aromatic rings. The molecule has 7 heteroatoms. The summed E-state index contributed by atoms with van der Waals surface area (Å²) >= 11 is 0. The summed E-state index contributed by atoms with van der Waals surface area (Å²) in [5.74, 6) is -1.14. The lowest BCUT2D eigenvalue weighted by atomic mass is 9.90. The van der Waals surface area contributed by atoms with Crippen LogP contribution in [0.3, 0.4) is 0 Å². The number of carbonyl (C=O) groups is 2. The van der Waals surface area contributed by atoms with Crippen LogP contribution < -0.4 is 5.56 Å². The molecule has 0 fully saturated rings. The van der Waals surface area contributed by atoms with Gasteiger partial charge in [0.2, 0.25) is 5.91 Å². The van der Waals surface area contributed by atoms with Crippen LogP contribution >= 0.6 is 0 Å². The largest absolute Gasteiger partial charge is 0.479 e. The summed E-state index contributed by atoms with van der Waals surface area (Å²) in [5, 5.41) is 11.3. The molecule has 1 unspecified atom stereocenters. The minimum absolute atomic E-state index is 0.0221. The Morgan fingerprint density at radius 1 is 1.06 bits per heavy atom. The Balaban J connectivity index is 2.03. The van der Waals surface area contributed by atoms with Gasteiger partial charge in [-0.1, -0.05) is 30.3 Å². The first-order valence-corrected chi connectivity index (χ1v) is 11.4. The molecule has 1 aliphatic rings. The second-order valence-electron chi connectivity index (χ2n) is 9.79. The summed E-state index contributed by atoms with van der Waals surface area (Å²) in [7, 11) is 1.59. The number of amides is 1. The molecule has 1 aromatic heterocycles. The topological polar surface area (TPSA) is 88.8 Å². The average molecular weight is 463 g/mol. The fraction of sp³-hybridized carbons (Fsp3) is 0.370. The molecule has 1 amide bonds. The van der Waals surface area contributed by atoms with Gasteiger partial charge in [0.05, 0.1) is 11.3 Å².